The number of nitrogens with zero attached hydrogens (tertiary/aromatic N) is 1. The van der Waals surface area contributed by atoms with Crippen molar-refractivity contribution in [2.24, 2.45) is 5.73 Å². The Bertz CT molecular complexity index is 375. The fourth-order valence-electron chi connectivity index (χ4n) is 2.22. The zero-order chi connectivity index (χ0) is 16.6. The van der Waals surface area contributed by atoms with E-state index in [9.17, 15) is 4.79 Å². The van der Waals surface area contributed by atoms with Crippen molar-refractivity contribution >= 4 is 17.7 Å². The van der Waals surface area contributed by atoms with Crippen LogP contribution in [0.4, 0.5) is 0 Å². The third kappa shape index (κ3) is 10.6. The van der Waals surface area contributed by atoms with Gasteiger partial charge in [0.25, 0.3) is 0 Å². The molecule has 126 valence electrons. The first-order valence-electron chi connectivity index (χ1n) is 8.39. The molecule has 0 aliphatic rings. The van der Waals surface area contributed by atoms with E-state index >= 15 is 0 Å². The van der Waals surface area contributed by atoms with Crippen molar-refractivity contribution in [1.82, 2.24) is 0 Å². The third-order valence-electron chi connectivity index (χ3n) is 3.45. The molecule has 0 rings (SSSR count). The molecule has 0 aliphatic carbocycles. The highest BCUT2D eigenvalue weighted by molar-refractivity contribution is 8.08. The van der Waals surface area contributed by atoms with Crippen molar-refractivity contribution in [2.75, 3.05) is 6.61 Å². The van der Waals surface area contributed by atoms with Crippen LogP contribution in [-0.4, -0.2) is 12.6 Å². The van der Waals surface area contributed by atoms with Gasteiger partial charge >= 0.3 is 5.97 Å². The molecular formula is C17H30N2O2S. The summed E-state index contributed by atoms with van der Waals surface area (Å²) in [7, 11) is 0. The summed E-state index contributed by atoms with van der Waals surface area (Å²) < 4.78 is 4.92. The number of carbonyl (C=O) groups excluding carboxylic acids is 1. The SMILES string of the molecule is CCCCCCCCCCCC(N)=C(SC#N)C(=O)OCC. The molecule has 0 aromatic rings. The van der Waals surface area contributed by atoms with E-state index in [2.05, 4.69) is 6.92 Å². The van der Waals surface area contributed by atoms with Crippen molar-refractivity contribution in [3.05, 3.63) is 10.6 Å². The van der Waals surface area contributed by atoms with E-state index in [4.69, 9.17) is 15.7 Å². The van der Waals surface area contributed by atoms with Crippen LogP contribution in [0.2, 0.25) is 0 Å². The van der Waals surface area contributed by atoms with Crippen LogP contribution in [-0.2, 0) is 9.53 Å². The Balaban J connectivity index is 3.92. The molecule has 0 aromatic carbocycles. The van der Waals surface area contributed by atoms with Gasteiger partial charge in [-0.15, -0.1) is 0 Å². The lowest BCUT2D eigenvalue weighted by molar-refractivity contribution is -0.137. The van der Waals surface area contributed by atoms with Crippen molar-refractivity contribution in [1.29, 1.82) is 5.26 Å². The minimum atomic E-state index is -0.484. The van der Waals surface area contributed by atoms with Gasteiger partial charge in [0.05, 0.1) is 6.61 Å². The van der Waals surface area contributed by atoms with Crippen LogP contribution in [0.1, 0.15) is 78.1 Å². The normalized spacial score (nSPS) is 11.7. The Morgan fingerprint density at radius 2 is 1.59 bits per heavy atom. The van der Waals surface area contributed by atoms with Gasteiger partial charge in [-0.2, -0.15) is 5.26 Å². The predicted octanol–water partition coefficient (Wildman–Crippen LogP) is 4.85. The Hall–Kier alpha value is -1.15. The van der Waals surface area contributed by atoms with Crippen LogP contribution in [0.25, 0.3) is 0 Å². The molecule has 0 saturated heterocycles. The lowest BCUT2D eigenvalue weighted by Crippen LogP contribution is -2.12. The van der Waals surface area contributed by atoms with E-state index in [0.717, 1.165) is 24.6 Å². The summed E-state index contributed by atoms with van der Waals surface area (Å²) in [5.74, 6) is -0.484. The summed E-state index contributed by atoms with van der Waals surface area (Å²) in [6, 6.07) is 0. The predicted molar refractivity (Wildman–Crippen MR) is 92.9 cm³/mol. The average molecular weight is 327 g/mol. The van der Waals surface area contributed by atoms with Gasteiger partial charge in [0.2, 0.25) is 0 Å². The van der Waals surface area contributed by atoms with Crippen LogP contribution in [0, 0.1) is 10.7 Å². The number of esters is 1. The molecule has 4 nitrogen and oxygen atoms in total. The second-order valence-corrected chi connectivity index (χ2v) is 6.14. The molecule has 0 atom stereocenters. The molecule has 0 aliphatic heterocycles. The summed E-state index contributed by atoms with van der Waals surface area (Å²) in [5.41, 5.74) is 6.42. The number of thioether (sulfide) groups is 1. The Morgan fingerprint density at radius 3 is 2.09 bits per heavy atom. The van der Waals surface area contributed by atoms with E-state index < -0.39 is 5.97 Å². The minimum Gasteiger partial charge on any atom is -0.462 e. The molecule has 0 radical (unpaired) electrons. The molecule has 0 aromatic heterocycles. The molecular weight excluding hydrogens is 296 g/mol. The summed E-state index contributed by atoms with van der Waals surface area (Å²) in [4.78, 5) is 12.0. The van der Waals surface area contributed by atoms with Gasteiger partial charge in [-0.1, -0.05) is 58.3 Å². The zero-order valence-electron chi connectivity index (χ0n) is 14.0. The van der Waals surface area contributed by atoms with Gasteiger partial charge in [0, 0.05) is 5.70 Å². The summed E-state index contributed by atoms with van der Waals surface area (Å²) >= 11 is 0.798. The standard InChI is InChI=1S/C17H30N2O2S/c1-3-5-6-7-8-9-10-11-12-13-15(19)16(22-14-18)17(20)21-4-2/h3-13,19H2,1-2H3. The number of thiocyanates is 1. The molecule has 2 N–H and O–H groups in total. The van der Waals surface area contributed by atoms with E-state index in [1.54, 1.807) is 6.92 Å². The summed E-state index contributed by atoms with van der Waals surface area (Å²) in [6.45, 7) is 4.26. The van der Waals surface area contributed by atoms with Crippen molar-refractivity contribution in [2.45, 2.75) is 78.1 Å². The molecule has 22 heavy (non-hydrogen) atoms. The topological polar surface area (TPSA) is 76.1 Å². The molecule has 0 fully saturated rings. The van der Waals surface area contributed by atoms with E-state index in [1.165, 1.54) is 44.9 Å². The van der Waals surface area contributed by atoms with Gasteiger partial charge in [-0.25, -0.2) is 4.79 Å². The van der Waals surface area contributed by atoms with E-state index in [0.29, 0.717) is 18.7 Å². The maximum Gasteiger partial charge on any atom is 0.347 e. The van der Waals surface area contributed by atoms with Gasteiger partial charge in [0.15, 0.2) is 0 Å². The van der Waals surface area contributed by atoms with E-state index in [-0.39, 0.29) is 4.91 Å². The maximum absolute atomic E-state index is 11.7. The highest BCUT2D eigenvalue weighted by Crippen LogP contribution is 2.21. The summed E-state index contributed by atoms with van der Waals surface area (Å²) in [6.07, 6.45) is 11.8. The smallest absolute Gasteiger partial charge is 0.347 e. The van der Waals surface area contributed by atoms with Crippen LogP contribution in [0.15, 0.2) is 10.6 Å². The number of hydrogen-bond acceptors (Lipinski definition) is 5. The fourth-order valence-corrected chi connectivity index (χ4v) is 2.69. The highest BCUT2D eigenvalue weighted by Gasteiger charge is 2.15. The number of nitrogens with two attached hydrogens (primary N) is 1. The first-order valence-corrected chi connectivity index (χ1v) is 9.20. The lowest BCUT2D eigenvalue weighted by Gasteiger charge is -2.08. The number of carbonyl (C=O) groups is 1. The van der Waals surface area contributed by atoms with Gasteiger partial charge < -0.3 is 10.5 Å². The first kappa shape index (κ1) is 20.9. The Kier molecular flexibility index (Phi) is 14.0. The molecule has 0 bridgehead atoms. The quantitative estimate of drug-likeness (QED) is 0.226. The molecule has 5 heteroatoms. The molecule has 0 amide bonds. The molecule has 0 spiro atoms. The van der Waals surface area contributed by atoms with Crippen LogP contribution < -0.4 is 5.73 Å². The second kappa shape index (κ2) is 14.8. The summed E-state index contributed by atoms with van der Waals surface area (Å²) in [5, 5.41) is 10.6. The maximum atomic E-state index is 11.7. The minimum absolute atomic E-state index is 0.254. The number of hydrogen-bond donors (Lipinski definition) is 1. The van der Waals surface area contributed by atoms with Gasteiger partial charge in [-0.05, 0) is 31.5 Å². The van der Waals surface area contributed by atoms with Gasteiger partial charge in [-0.3, -0.25) is 0 Å². The van der Waals surface area contributed by atoms with Crippen molar-refractivity contribution in [3.63, 3.8) is 0 Å². The molecule has 0 saturated carbocycles. The number of rotatable bonds is 13. The average Bonchev–Trinajstić information content (AvgIpc) is 2.51. The Morgan fingerprint density at radius 1 is 1.05 bits per heavy atom. The number of ether oxygens (including phenoxy) is 1. The molecule has 0 heterocycles. The fraction of sp³-hybridized carbons (Fsp3) is 0.765. The number of nitriles is 1. The Labute approximate surface area is 139 Å². The van der Waals surface area contributed by atoms with E-state index in [1.807, 2.05) is 5.40 Å². The van der Waals surface area contributed by atoms with Gasteiger partial charge in [0.1, 0.15) is 10.3 Å². The monoisotopic (exact) mass is 326 g/mol. The van der Waals surface area contributed by atoms with Crippen molar-refractivity contribution < 1.29 is 9.53 Å². The van der Waals surface area contributed by atoms with Crippen LogP contribution >= 0.6 is 11.8 Å². The number of unbranched alkanes of at least 4 members (excludes halogenated alkanes) is 8. The highest BCUT2D eigenvalue weighted by atomic mass is 32.2. The second-order valence-electron chi connectivity index (χ2n) is 5.35. The molecule has 0 unspecified atom stereocenters. The van der Waals surface area contributed by atoms with Crippen LogP contribution in [0.3, 0.4) is 0 Å². The first-order chi connectivity index (χ1) is 10.7. The lowest BCUT2D eigenvalue weighted by atomic mass is 10.1. The third-order valence-corrected chi connectivity index (χ3v) is 4.17. The van der Waals surface area contributed by atoms with Crippen molar-refractivity contribution in [3.8, 4) is 5.40 Å². The number of allylic oxidation sites excluding steroid dienone is 1. The zero-order valence-corrected chi connectivity index (χ0v) is 14.8. The van der Waals surface area contributed by atoms with Crippen LogP contribution in [0.5, 0.6) is 0 Å². The largest absolute Gasteiger partial charge is 0.462 e.